The molecule has 1 rings (SSSR count). The summed E-state index contributed by atoms with van der Waals surface area (Å²) in [7, 11) is 1.54. The van der Waals surface area contributed by atoms with Crippen LogP contribution in [0, 0.1) is 0 Å². The third-order valence-corrected chi connectivity index (χ3v) is 2.29. The molecule has 0 aliphatic carbocycles. The predicted octanol–water partition coefficient (Wildman–Crippen LogP) is 1.59. The standard InChI is InChI=1S/C11H17NO3.ClH/c1-15-11-7-8(14)4-5-9(11)10(12)3-2-6-13;/h4-5,7,10,13-14H,2-3,6,12H2,1H3;1H/t10-;/m0./s1. The highest BCUT2D eigenvalue weighted by Crippen LogP contribution is 2.29. The van der Waals surface area contributed by atoms with Crippen molar-refractivity contribution in [2.24, 2.45) is 5.73 Å². The number of hydrogen-bond acceptors (Lipinski definition) is 4. The van der Waals surface area contributed by atoms with E-state index in [4.69, 9.17) is 15.6 Å². The first kappa shape index (κ1) is 15.0. The lowest BCUT2D eigenvalue weighted by Gasteiger charge is -2.15. The number of phenolic OH excluding ortho intramolecular Hbond substituents is 1. The van der Waals surface area contributed by atoms with Gasteiger partial charge in [-0.1, -0.05) is 6.07 Å². The summed E-state index contributed by atoms with van der Waals surface area (Å²) in [5.74, 6) is 0.741. The Morgan fingerprint density at radius 2 is 2.12 bits per heavy atom. The van der Waals surface area contributed by atoms with Gasteiger partial charge in [0.15, 0.2) is 0 Å². The van der Waals surface area contributed by atoms with E-state index in [1.807, 2.05) is 0 Å². The van der Waals surface area contributed by atoms with Crippen LogP contribution in [0.1, 0.15) is 24.4 Å². The highest BCUT2D eigenvalue weighted by Gasteiger charge is 2.11. The van der Waals surface area contributed by atoms with E-state index in [2.05, 4.69) is 0 Å². The van der Waals surface area contributed by atoms with E-state index in [9.17, 15) is 5.11 Å². The van der Waals surface area contributed by atoms with Gasteiger partial charge in [-0.05, 0) is 18.9 Å². The van der Waals surface area contributed by atoms with Crippen LogP contribution < -0.4 is 10.5 Å². The molecule has 0 amide bonds. The Morgan fingerprint density at radius 1 is 1.44 bits per heavy atom. The maximum Gasteiger partial charge on any atom is 0.127 e. The average molecular weight is 248 g/mol. The number of rotatable bonds is 5. The Labute approximate surface area is 101 Å². The van der Waals surface area contributed by atoms with Gasteiger partial charge in [-0.3, -0.25) is 0 Å². The van der Waals surface area contributed by atoms with Gasteiger partial charge in [0.2, 0.25) is 0 Å². The van der Waals surface area contributed by atoms with Crippen molar-refractivity contribution in [1.29, 1.82) is 0 Å². The number of hydrogen-bond donors (Lipinski definition) is 3. The van der Waals surface area contributed by atoms with E-state index in [-0.39, 0.29) is 30.8 Å². The van der Waals surface area contributed by atoms with Crippen molar-refractivity contribution in [3.8, 4) is 11.5 Å². The second-order valence-corrected chi connectivity index (χ2v) is 3.40. The molecule has 0 aliphatic heterocycles. The lowest BCUT2D eigenvalue weighted by Crippen LogP contribution is -2.12. The Kier molecular flexibility index (Phi) is 6.88. The molecule has 1 aromatic carbocycles. The number of aromatic hydroxyl groups is 1. The maximum absolute atomic E-state index is 9.27. The summed E-state index contributed by atoms with van der Waals surface area (Å²) in [6, 6.07) is 4.69. The van der Waals surface area contributed by atoms with Crippen molar-refractivity contribution in [3.05, 3.63) is 23.8 Å². The van der Waals surface area contributed by atoms with Gasteiger partial charge in [0, 0.05) is 24.3 Å². The Morgan fingerprint density at radius 3 is 2.69 bits per heavy atom. The summed E-state index contributed by atoms with van der Waals surface area (Å²) < 4.78 is 5.12. The van der Waals surface area contributed by atoms with Gasteiger partial charge in [0.05, 0.1) is 7.11 Å². The van der Waals surface area contributed by atoms with Gasteiger partial charge in [-0.2, -0.15) is 0 Å². The number of methoxy groups -OCH3 is 1. The Balaban J connectivity index is 0.00000225. The highest BCUT2D eigenvalue weighted by atomic mass is 35.5. The van der Waals surface area contributed by atoms with E-state index in [1.54, 1.807) is 12.1 Å². The molecule has 0 aromatic heterocycles. The number of ether oxygens (including phenoxy) is 1. The largest absolute Gasteiger partial charge is 0.508 e. The van der Waals surface area contributed by atoms with Crippen LogP contribution in [0.25, 0.3) is 0 Å². The fraction of sp³-hybridized carbons (Fsp3) is 0.455. The second kappa shape index (κ2) is 7.33. The van der Waals surface area contributed by atoms with Gasteiger partial charge in [-0.15, -0.1) is 12.4 Å². The van der Waals surface area contributed by atoms with E-state index in [0.717, 1.165) is 5.56 Å². The molecule has 0 saturated carbocycles. The number of aliphatic hydroxyl groups excluding tert-OH is 1. The zero-order valence-corrected chi connectivity index (χ0v) is 10.0. The summed E-state index contributed by atoms with van der Waals surface area (Å²) in [6.45, 7) is 0.133. The Bertz CT molecular complexity index is 320. The van der Waals surface area contributed by atoms with Crippen LogP contribution in [-0.4, -0.2) is 23.9 Å². The minimum absolute atomic E-state index is 0. The zero-order valence-electron chi connectivity index (χ0n) is 9.22. The van der Waals surface area contributed by atoms with E-state index in [0.29, 0.717) is 18.6 Å². The smallest absolute Gasteiger partial charge is 0.127 e. The van der Waals surface area contributed by atoms with Crippen LogP contribution in [0.5, 0.6) is 11.5 Å². The molecular weight excluding hydrogens is 230 g/mol. The van der Waals surface area contributed by atoms with Crippen molar-refractivity contribution >= 4 is 12.4 Å². The van der Waals surface area contributed by atoms with Crippen LogP contribution >= 0.6 is 12.4 Å². The number of phenols is 1. The SMILES string of the molecule is COc1cc(O)ccc1[C@@H](N)CCCO.Cl. The van der Waals surface area contributed by atoms with Crippen molar-refractivity contribution in [1.82, 2.24) is 0 Å². The van der Waals surface area contributed by atoms with Gasteiger partial charge in [0.1, 0.15) is 11.5 Å². The van der Waals surface area contributed by atoms with Crippen LogP contribution in [0.4, 0.5) is 0 Å². The van der Waals surface area contributed by atoms with Gasteiger partial charge in [-0.25, -0.2) is 0 Å². The highest BCUT2D eigenvalue weighted by molar-refractivity contribution is 5.85. The van der Waals surface area contributed by atoms with Crippen LogP contribution in [0.2, 0.25) is 0 Å². The maximum atomic E-state index is 9.27. The quantitative estimate of drug-likeness (QED) is 0.739. The van der Waals surface area contributed by atoms with Crippen LogP contribution in [0.15, 0.2) is 18.2 Å². The summed E-state index contributed by atoms with van der Waals surface area (Å²) in [4.78, 5) is 0. The summed E-state index contributed by atoms with van der Waals surface area (Å²) >= 11 is 0. The molecule has 0 spiro atoms. The molecule has 0 saturated heterocycles. The van der Waals surface area contributed by atoms with Crippen LogP contribution in [0.3, 0.4) is 0 Å². The first-order valence-electron chi connectivity index (χ1n) is 4.92. The Hall–Kier alpha value is -0.970. The molecular formula is C11H18ClNO3. The lowest BCUT2D eigenvalue weighted by molar-refractivity contribution is 0.279. The molecule has 92 valence electrons. The summed E-state index contributed by atoms with van der Waals surface area (Å²) in [5, 5.41) is 18.0. The number of halogens is 1. The van der Waals surface area contributed by atoms with E-state index in [1.165, 1.54) is 13.2 Å². The summed E-state index contributed by atoms with van der Waals surface area (Å²) in [6.07, 6.45) is 1.35. The number of benzene rings is 1. The fourth-order valence-corrected chi connectivity index (χ4v) is 1.47. The predicted molar refractivity (Wildman–Crippen MR) is 65.2 cm³/mol. The average Bonchev–Trinajstić information content (AvgIpc) is 2.25. The van der Waals surface area contributed by atoms with Crippen molar-refractivity contribution in [3.63, 3.8) is 0 Å². The molecule has 0 unspecified atom stereocenters. The van der Waals surface area contributed by atoms with Gasteiger partial charge in [0.25, 0.3) is 0 Å². The zero-order chi connectivity index (χ0) is 11.3. The monoisotopic (exact) mass is 247 g/mol. The van der Waals surface area contributed by atoms with E-state index < -0.39 is 0 Å². The van der Waals surface area contributed by atoms with Crippen molar-refractivity contribution < 1.29 is 14.9 Å². The molecule has 1 aromatic rings. The lowest BCUT2D eigenvalue weighted by atomic mass is 10.0. The van der Waals surface area contributed by atoms with Gasteiger partial charge < -0.3 is 20.7 Å². The third kappa shape index (κ3) is 3.89. The normalized spacial score (nSPS) is 11.7. The first-order chi connectivity index (χ1) is 7.19. The minimum atomic E-state index is -0.173. The van der Waals surface area contributed by atoms with Gasteiger partial charge >= 0.3 is 0 Å². The molecule has 4 N–H and O–H groups in total. The molecule has 1 atom stereocenters. The second-order valence-electron chi connectivity index (χ2n) is 3.40. The molecule has 0 radical (unpaired) electrons. The summed E-state index contributed by atoms with van der Waals surface area (Å²) in [5.41, 5.74) is 6.79. The number of nitrogens with two attached hydrogens (primary N) is 1. The first-order valence-corrected chi connectivity index (χ1v) is 4.92. The van der Waals surface area contributed by atoms with E-state index >= 15 is 0 Å². The molecule has 0 bridgehead atoms. The van der Waals surface area contributed by atoms with Crippen molar-refractivity contribution in [2.75, 3.05) is 13.7 Å². The van der Waals surface area contributed by atoms with Crippen molar-refractivity contribution in [2.45, 2.75) is 18.9 Å². The molecule has 4 nitrogen and oxygen atoms in total. The number of aliphatic hydroxyl groups is 1. The van der Waals surface area contributed by atoms with Crippen LogP contribution in [-0.2, 0) is 0 Å². The molecule has 0 aliphatic rings. The molecule has 0 fully saturated rings. The third-order valence-electron chi connectivity index (χ3n) is 2.29. The molecule has 5 heteroatoms. The minimum Gasteiger partial charge on any atom is -0.508 e. The molecule has 0 heterocycles. The molecule has 16 heavy (non-hydrogen) atoms. The fourth-order valence-electron chi connectivity index (χ4n) is 1.47. The topological polar surface area (TPSA) is 75.7 Å².